The number of thioether (sulfide) groups is 1. The zero-order chi connectivity index (χ0) is 10.5. The first-order valence-electron chi connectivity index (χ1n) is 4.74. The van der Waals surface area contributed by atoms with Gasteiger partial charge in [-0.25, -0.2) is 0 Å². The van der Waals surface area contributed by atoms with E-state index in [2.05, 4.69) is 28.1 Å². The third-order valence-electron chi connectivity index (χ3n) is 2.97. The molecule has 1 atom stereocenters. The Morgan fingerprint density at radius 2 is 2.27 bits per heavy atom. The van der Waals surface area contributed by atoms with Gasteiger partial charge in [-0.1, -0.05) is 58.1 Å². The van der Waals surface area contributed by atoms with Gasteiger partial charge in [0.25, 0.3) is 0 Å². The highest BCUT2D eigenvalue weighted by atomic mass is 79.9. The lowest BCUT2D eigenvalue weighted by molar-refractivity contribution is 0.573. The van der Waals surface area contributed by atoms with Crippen molar-refractivity contribution in [2.24, 2.45) is 5.41 Å². The molecule has 76 valence electrons. The van der Waals surface area contributed by atoms with Crippen molar-refractivity contribution in [3.63, 3.8) is 0 Å². The standard InChI is InChI=1S/C12H8BrFS/c13-8-4-6-12-5-2-1-3-9(12)11(14)15-10(12)7-8/h1-5,7H,6H2. The summed E-state index contributed by atoms with van der Waals surface area (Å²) in [6, 6.07) is 0. The summed E-state index contributed by atoms with van der Waals surface area (Å²) >= 11 is 4.70. The van der Waals surface area contributed by atoms with Gasteiger partial charge in [0.2, 0.25) is 0 Å². The van der Waals surface area contributed by atoms with E-state index in [4.69, 9.17) is 0 Å². The van der Waals surface area contributed by atoms with Gasteiger partial charge in [0.1, 0.15) is 0 Å². The Hall–Kier alpha value is -0.540. The van der Waals surface area contributed by atoms with Gasteiger partial charge in [-0.15, -0.1) is 0 Å². The first-order valence-corrected chi connectivity index (χ1v) is 6.35. The number of rotatable bonds is 0. The molecular weight excluding hydrogens is 275 g/mol. The van der Waals surface area contributed by atoms with Gasteiger partial charge in [0.15, 0.2) is 5.16 Å². The normalized spacial score (nSPS) is 32.4. The molecule has 0 fully saturated rings. The van der Waals surface area contributed by atoms with Crippen molar-refractivity contribution in [1.82, 2.24) is 0 Å². The molecule has 1 spiro atoms. The van der Waals surface area contributed by atoms with Crippen molar-refractivity contribution in [2.45, 2.75) is 6.42 Å². The highest BCUT2D eigenvalue weighted by Crippen LogP contribution is 2.60. The van der Waals surface area contributed by atoms with Gasteiger partial charge < -0.3 is 0 Å². The van der Waals surface area contributed by atoms with Crippen LogP contribution in [0.15, 0.2) is 56.6 Å². The van der Waals surface area contributed by atoms with Crippen molar-refractivity contribution in [3.8, 4) is 0 Å². The lowest BCUT2D eigenvalue weighted by Gasteiger charge is -2.31. The van der Waals surface area contributed by atoms with E-state index in [1.165, 1.54) is 11.8 Å². The second-order valence-corrected chi connectivity index (χ2v) is 5.70. The topological polar surface area (TPSA) is 0 Å². The second kappa shape index (κ2) is 3.22. The molecule has 3 aliphatic rings. The van der Waals surface area contributed by atoms with Gasteiger partial charge in [-0.3, -0.25) is 0 Å². The van der Waals surface area contributed by atoms with Crippen molar-refractivity contribution in [3.05, 3.63) is 56.6 Å². The van der Waals surface area contributed by atoms with Gasteiger partial charge in [-0.2, -0.15) is 4.39 Å². The van der Waals surface area contributed by atoms with Crippen LogP contribution in [0.1, 0.15) is 6.42 Å². The third-order valence-corrected chi connectivity index (χ3v) is 4.63. The SMILES string of the molecule is FC1=C2C=CC=CC23CC=C(Br)C=C3S1. The Balaban J connectivity index is 2.18. The minimum atomic E-state index is -0.208. The number of halogens is 2. The number of hydrogen-bond acceptors (Lipinski definition) is 1. The molecular formula is C12H8BrFS. The van der Waals surface area contributed by atoms with E-state index in [0.29, 0.717) is 0 Å². The van der Waals surface area contributed by atoms with Gasteiger partial charge in [0.05, 0.1) is 5.41 Å². The van der Waals surface area contributed by atoms with Crippen LogP contribution in [0.4, 0.5) is 4.39 Å². The summed E-state index contributed by atoms with van der Waals surface area (Å²) in [5, 5.41) is -0.0579. The van der Waals surface area contributed by atoms with Crippen LogP contribution in [-0.2, 0) is 0 Å². The summed E-state index contributed by atoms with van der Waals surface area (Å²) in [5.74, 6) is 0. The van der Waals surface area contributed by atoms with Crippen LogP contribution in [0, 0.1) is 5.41 Å². The minimum absolute atomic E-state index is 0.0579. The average Bonchev–Trinajstić information content (AvgIpc) is 2.52. The summed E-state index contributed by atoms with van der Waals surface area (Å²) < 4.78 is 14.8. The van der Waals surface area contributed by atoms with E-state index < -0.39 is 0 Å². The fraction of sp³-hybridized carbons (Fsp3) is 0.167. The van der Waals surface area contributed by atoms with E-state index in [1.54, 1.807) is 0 Å². The molecule has 0 saturated heterocycles. The summed E-state index contributed by atoms with van der Waals surface area (Å²) in [7, 11) is 0. The quantitative estimate of drug-likeness (QED) is 0.626. The van der Waals surface area contributed by atoms with Gasteiger partial charge >= 0.3 is 0 Å². The zero-order valence-electron chi connectivity index (χ0n) is 7.84. The van der Waals surface area contributed by atoms with E-state index in [0.717, 1.165) is 21.4 Å². The molecule has 0 saturated carbocycles. The van der Waals surface area contributed by atoms with Gasteiger partial charge in [0, 0.05) is 15.0 Å². The Morgan fingerprint density at radius 3 is 3.13 bits per heavy atom. The van der Waals surface area contributed by atoms with Crippen LogP contribution in [0.2, 0.25) is 0 Å². The van der Waals surface area contributed by atoms with Crippen LogP contribution in [0.25, 0.3) is 0 Å². The van der Waals surface area contributed by atoms with Crippen LogP contribution in [-0.4, -0.2) is 0 Å². The van der Waals surface area contributed by atoms with E-state index in [-0.39, 0.29) is 10.6 Å². The molecule has 0 aromatic rings. The van der Waals surface area contributed by atoms with E-state index in [1.807, 2.05) is 24.3 Å². The highest BCUT2D eigenvalue weighted by molar-refractivity contribution is 9.11. The van der Waals surface area contributed by atoms with Crippen molar-refractivity contribution < 1.29 is 4.39 Å². The predicted octanol–water partition coefficient (Wildman–Crippen LogP) is 4.59. The second-order valence-electron chi connectivity index (χ2n) is 3.78. The summed E-state index contributed by atoms with van der Waals surface area (Å²) in [4.78, 5) is 1.09. The maximum Gasteiger partial charge on any atom is 0.165 e. The summed E-state index contributed by atoms with van der Waals surface area (Å²) in [6.07, 6.45) is 12.9. The minimum Gasteiger partial charge on any atom is -0.199 e. The number of hydrogen-bond donors (Lipinski definition) is 0. The Labute approximate surface area is 100 Å². The van der Waals surface area contributed by atoms with Crippen LogP contribution in [0.5, 0.6) is 0 Å². The highest BCUT2D eigenvalue weighted by Gasteiger charge is 2.44. The molecule has 1 aliphatic heterocycles. The Morgan fingerprint density at radius 1 is 1.40 bits per heavy atom. The largest absolute Gasteiger partial charge is 0.199 e. The maximum atomic E-state index is 13.8. The molecule has 2 aliphatic carbocycles. The lowest BCUT2D eigenvalue weighted by atomic mass is 9.73. The molecule has 1 unspecified atom stereocenters. The molecule has 3 rings (SSSR count). The van der Waals surface area contributed by atoms with E-state index in [9.17, 15) is 4.39 Å². The van der Waals surface area contributed by atoms with E-state index >= 15 is 0 Å². The van der Waals surface area contributed by atoms with Crippen LogP contribution in [0.3, 0.4) is 0 Å². The smallest absolute Gasteiger partial charge is 0.165 e. The number of allylic oxidation sites excluding steroid dienone is 9. The summed E-state index contributed by atoms with van der Waals surface area (Å²) in [6.45, 7) is 0. The average molecular weight is 283 g/mol. The summed E-state index contributed by atoms with van der Waals surface area (Å²) in [5.41, 5.74) is 0.610. The van der Waals surface area contributed by atoms with Crippen molar-refractivity contribution in [1.29, 1.82) is 0 Å². The maximum absolute atomic E-state index is 13.8. The first-order chi connectivity index (χ1) is 7.22. The fourth-order valence-electron chi connectivity index (χ4n) is 2.19. The molecule has 0 radical (unpaired) electrons. The van der Waals surface area contributed by atoms with Crippen LogP contribution < -0.4 is 0 Å². The third kappa shape index (κ3) is 1.26. The lowest BCUT2D eigenvalue weighted by Crippen LogP contribution is -2.21. The Kier molecular flexibility index (Phi) is 2.08. The molecule has 3 heteroatoms. The fourth-order valence-corrected chi connectivity index (χ4v) is 3.91. The molecule has 15 heavy (non-hydrogen) atoms. The van der Waals surface area contributed by atoms with Crippen LogP contribution >= 0.6 is 27.7 Å². The molecule has 0 nitrogen and oxygen atoms in total. The van der Waals surface area contributed by atoms with Crippen molar-refractivity contribution in [2.75, 3.05) is 0 Å². The predicted molar refractivity (Wildman–Crippen MR) is 66.1 cm³/mol. The molecule has 1 heterocycles. The molecule has 0 aromatic heterocycles. The van der Waals surface area contributed by atoms with Gasteiger partial charge in [-0.05, 0) is 12.5 Å². The van der Waals surface area contributed by atoms with Crippen molar-refractivity contribution >= 4 is 27.7 Å². The first kappa shape index (κ1) is 9.67. The molecule has 0 bridgehead atoms. The Bertz CT molecular complexity index is 482. The molecule has 0 N–H and O–H groups in total. The monoisotopic (exact) mass is 282 g/mol. The molecule has 0 amide bonds. The molecule has 0 aromatic carbocycles. The zero-order valence-corrected chi connectivity index (χ0v) is 10.2.